The first-order valence-corrected chi connectivity index (χ1v) is 6.51. The minimum atomic E-state index is -4.67. The summed E-state index contributed by atoms with van der Waals surface area (Å²) in [6.45, 7) is 2.26. The van der Waals surface area contributed by atoms with Crippen LogP contribution in [0, 0.1) is 0 Å². The van der Waals surface area contributed by atoms with Crippen LogP contribution in [0.1, 0.15) is 45.4 Å². The fourth-order valence-electron chi connectivity index (χ4n) is 1.03. The topological polar surface area (TPSA) is 74.6 Å². The van der Waals surface area contributed by atoms with Gasteiger partial charge in [0.2, 0.25) is 0 Å². The molecule has 0 unspecified atom stereocenters. The SMILES string of the molecule is O=S(=O)(O)O.[Li][CH2]CCCCCCC. The minimum absolute atomic E-state index is 1.37. The molecule has 0 fully saturated rings. The van der Waals surface area contributed by atoms with Crippen molar-refractivity contribution in [1.82, 2.24) is 0 Å². The van der Waals surface area contributed by atoms with Gasteiger partial charge in [0.25, 0.3) is 0 Å². The van der Waals surface area contributed by atoms with E-state index in [0.29, 0.717) is 0 Å². The van der Waals surface area contributed by atoms with E-state index in [2.05, 4.69) is 24.6 Å². The summed E-state index contributed by atoms with van der Waals surface area (Å²) in [7, 11) is -4.67. The Morgan fingerprint density at radius 1 is 1.00 bits per heavy atom. The van der Waals surface area contributed by atoms with E-state index in [1.165, 1.54) is 43.6 Å². The number of hydrogen-bond acceptors (Lipinski definition) is 2. The molecule has 0 saturated carbocycles. The summed E-state index contributed by atoms with van der Waals surface area (Å²) in [5.41, 5.74) is 0. The van der Waals surface area contributed by atoms with Crippen molar-refractivity contribution in [2.75, 3.05) is 0 Å². The Morgan fingerprint density at radius 3 is 1.71 bits per heavy atom. The molecule has 0 aliphatic rings. The fraction of sp³-hybridized carbons (Fsp3) is 1.00. The first kappa shape index (κ1) is 16.9. The van der Waals surface area contributed by atoms with Crippen LogP contribution in [0.2, 0.25) is 5.09 Å². The van der Waals surface area contributed by atoms with Crippen LogP contribution < -0.4 is 0 Å². The summed E-state index contributed by atoms with van der Waals surface area (Å²) in [5, 5.41) is 1.37. The Hall–Kier alpha value is 0.467. The average molecular weight is 218 g/mol. The van der Waals surface area contributed by atoms with Crippen molar-refractivity contribution in [3.05, 3.63) is 0 Å². The number of unbranched alkanes of at least 4 members (excludes halogenated alkanes) is 5. The molecule has 0 bridgehead atoms. The van der Waals surface area contributed by atoms with Gasteiger partial charge >= 0.3 is 78.7 Å². The van der Waals surface area contributed by atoms with E-state index >= 15 is 0 Å². The van der Waals surface area contributed by atoms with E-state index in [4.69, 9.17) is 17.5 Å². The van der Waals surface area contributed by atoms with Crippen LogP contribution in [-0.2, 0) is 10.4 Å². The molecule has 0 saturated heterocycles. The summed E-state index contributed by atoms with van der Waals surface area (Å²) in [4.78, 5) is 0. The van der Waals surface area contributed by atoms with Gasteiger partial charge in [0.1, 0.15) is 0 Å². The van der Waals surface area contributed by atoms with Gasteiger partial charge in [-0.25, -0.2) is 0 Å². The van der Waals surface area contributed by atoms with Gasteiger partial charge in [-0.2, -0.15) is 8.42 Å². The molecular formula is C8H19LiO4S. The van der Waals surface area contributed by atoms with Crippen molar-refractivity contribution in [3.63, 3.8) is 0 Å². The molecule has 0 rings (SSSR count). The van der Waals surface area contributed by atoms with Gasteiger partial charge in [-0.3, -0.25) is 9.11 Å². The molecule has 82 valence electrons. The van der Waals surface area contributed by atoms with Gasteiger partial charge in [0.15, 0.2) is 0 Å². The maximum absolute atomic E-state index is 8.74. The molecule has 0 aromatic rings. The van der Waals surface area contributed by atoms with Gasteiger partial charge in [0, 0.05) is 0 Å². The van der Waals surface area contributed by atoms with Crippen LogP contribution in [0.3, 0.4) is 0 Å². The molecule has 0 heterocycles. The zero-order valence-electron chi connectivity index (χ0n) is 9.07. The van der Waals surface area contributed by atoms with Gasteiger partial charge < -0.3 is 0 Å². The summed E-state index contributed by atoms with van der Waals surface area (Å²) in [5.74, 6) is 0. The zero-order valence-corrected chi connectivity index (χ0v) is 9.89. The molecule has 6 heteroatoms. The summed E-state index contributed by atoms with van der Waals surface area (Å²) in [6, 6.07) is 0. The van der Waals surface area contributed by atoms with Crippen molar-refractivity contribution in [2.24, 2.45) is 0 Å². The van der Waals surface area contributed by atoms with Crippen LogP contribution >= 0.6 is 0 Å². The van der Waals surface area contributed by atoms with Gasteiger partial charge in [0.05, 0.1) is 0 Å². The summed E-state index contributed by atoms with van der Waals surface area (Å²) in [6.07, 6.45) is 8.61. The van der Waals surface area contributed by atoms with Crippen LogP contribution in [0.15, 0.2) is 0 Å². The van der Waals surface area contributed by atoms with Gasteiger partial charge in [-0.1, -0.05) is 0 Å². The third kappa shape index (κ3) is 39.2. The van der Waals surface area contributed by atoms with Crippen LogP contribution in [-0.4, -0.2) is 35.2 Å². The van der Waals surface area contributed by atoms with E-state index in [9.17, 15) is 0 Å². The third-order valence-corrected chi connectivity index (χ3v) is 1.71. The molecule has 14 heavy (non-hydrogen) atoms. The summed E-state index contributed by atoms with van der Waals surface area (Å²) >= 11 is 2.26. The molecule has 0 spiro atoms. The second kappa shape index (κ2) is 11.5. The van der Waals surface area contributed by atoms with Crippen molar-refractivity contribution in [2.45, 2.75) is 50.5 Å². The molecule has 4 nitrogen and oxygen atoms in total. The van der Waals surface area contributed by atoms with E-state index in [1.807, 2.05) is 0 Å². The molecule has 0 aliphatic carbocycles. The third-order valence-electron chi connectivity index (χ3n) is 1.71. The molecule has 2 N–H and O–H groups in total. The van der Waals surface area contributed by atoms with Crippen molar-refractivity contribution in [1.29, 1.82) is 0 Å². The Labute approximate surface area is 96.3 Å². The van der Waals surface area contributed by atoms with E-state index in [-0.39, 0.29) is 0 Å². The van der Waals surface area contributed by atoms with E-state index in [0.717, 1.165) is 0 Å². The second-order valence-electron chi connectivity index (χ2n) is 3.22. The number of hydrogen-bond donors (Lipinski definition) is 2. The molecule has 0 aromatic heterocycles. The monoisotopic (exact) mass is 218 g/mol. The Balaban J connectivity index is 0. The van der Waals surface area contributed by atoms with Crippen molar-refractivity contribution >= 4 is 28.1 Å². The second-order valence-corrected chi connectivity index (χ2v) is 4.11. The average Bonchev–Trinajstić information content (AvgIpc) is 2.01. The molecule has 0 amide bonds. The maximum atomic E-state index is 8.74. The molecule has 0 atom stereocenters. The molecule has 0 aromatic carbocycles. The Bertz CT molecular complexity index is 178. The zero-order chi connectivity index (χ0) is 11.4. The van der Waals surface area contributed by atoms with Gasteiger partial charge in [-0.05, 0) is 0 Å². The Morgan fingerprint density at radius 2 is 1.36 bits per heavy atom. The predicted octanol–water partition coefficient (Wildman–Crippen LogP) is 2.28. The predicted molar refractivity (Wildman–Crippen MR) is 58.1 cm³/mol. The fourth-order valence-corrected chi connectivity index (χ4v) is 1.03. The first-order chi connectivity index (χ1) is 6.41. The van der Waals surface area contributed by atoms with Crippen LogP contribution in [0.25, 0.3) is 0 Å². The Kier molecular flexibility index (Phi) is 13.9. The van der Waals surface area contributed by atoms with Gasteiger partial charge in [-0.15, -0.1) is 0 Å². The number of rotatable bonds is 6. The van der Waals surface area contributed by atoms with E-state index < -0.39 is 10.4 Å². The summed E-state index contributed by atoms with van der Waals surface area (Å²) < 4.78 is 31.6. The normalized spacial score (nSPS) is 10.6. The molecular weight excluding hydrogens is 199 g/mol. The van der Waals surface area contributed by atoms with Crippen molar-refractivity contribution in [3.8, 4) is 0 Å². The quantitative estimate of drug-likeness (QED) is 0.407. The van der Waals surface area contributed by atoms with Crippen LogP contribution in [0.4, 0.5) is 0 Å². The van der Waals surface area contributed by atoms with Crippen LogP contribution in [0.5, 0.6) is 0 Å². The molecule has 0 radical (unpaired) electrons. The molecule has 0 aliphatic heterocycles. The first-order valence-electron chi connectivity index (χ1n) is 5.11. The van der Waals surface area contributed by atoms with E-state index in [1.54, 1.807) is 0 Å². The van der Waals surface area contributed by atoms with Crippen molar-refractivity contribution < 1.29 is 17.5 Å². The standard InChI is InChI=1S/C8H17.Li.H2O4S/c1-3-5-7-8-6-4-2;;1-5(2,3)4/h1,3-8H2,2H3;;(H2,1,2,3,4).